The molecule has 0 bridgehead atoms. The first-order valence-corrected chi connectivity index (χ1v) is 3.99. The molecule has 0 unspecified atom stereocenters. The van der Waals surface area contributed by atoms with Gasteiger partial charge in [0.05, 0.1) is 10.0 Å². The molecule has 0 atom stereocenters. The summed E-state index contributed by atoms with van der Waals surface area (Å²) in [6, 6.07) is 4.67. The number of hydrogen-bond donors (Lipinski definition) is 0. The summed E-state index contributed by atoms with van der Waals surface area (Å²) in [5, 5.41) is 11.0. The highest BCUT2D eigenvalue weighted by molar-refractivity contribution is 6.42. The van der Waals surface area contributed by atoms with Gasteiger partial charge in [-0.2, -0.15) is 0 Å². The van der Waals surface area contributed by atoms with Gasteiger partial charge in [0.1, 0.15) is 0 Å². The molecular formula is C8H5Cl2O2-. The zero-order valence-corrected chi connectivity index (χ0v) is 7.52. The molecule has 0 saturated heterocycles. The third-order valence-electron chi connectivity index (χ3n) is 1.33. The molecular weight excluding hydrogens is 199 g/mol. The highest BCUT2D eigenvalue weighted by Crippen LogP contribution is 2.22. The molecule has 0 aliphatic carbocycles. The van der Waals surface area contributed by atoms with Crippen molar-refractivity contribution in [2.75, 3.05) is 0 Å². The Morgan fingerprint density at radius 3 is 2.50 bits per heavy atom. The molecule has 0 N–H and O–H groups in total. The van der Waals surface area contributed by atoms with E-state index in [2.05, 4.69) is 0 Å². The number of carbonyl (C=O) groups is 1. The van der Waals surface area contributed by atoms with Crippen molar-refractivity contribution in [2.45, 2.75) is 6.42 Å². The molecule has 0 aliphatic heterocycles. The van der Waals surface area contributed by atoms with E-state index in [9.17, 15) is 9.90 Å². The van der Waals surface area contributed by atoms with Gasteiger partial charge in [0.25, 0.3) is 0 Å². The average molecular weight is 204 g/mol. The van der Waals surface area contributed by atoms with Crippen molar-refractivity contribution in [1.29, 1.82) is 0 Å². The van der Waals surface area contributed by atoms with Gasteiger partial charge in [-0.3, -0.25) is 0 Å². The van der Waals surface area contributed by atoms with Crippen LogP contribution in [-0.2, 0) is 11.2 Å². The van der Waals surface area contributed by atoms with Crippen molar-refractivity contribution in [3.8, 4) is 0 Å². The Hall–Kier alpha value is -0.730. The average Bonchev–Trinajstić information content (AvgIpc) is 1.96. The van der Waals surface area contributed by atoms with Gasteiger partial charge in [-0.1, -0.05) is 29.3 Å². The van der Waals surface area contributed by atoms with Crippen LogP contribution >= 0.6 is 23.2 Å². The maximum atomic E-state index is 10.2. The highest BCUT2D eigenvalue weighted by Gasteiger charge is 1.98. The molecule has 4 heteroatoms. The highest BCUT2D eigenvalue weighted by atomic mass is 35.5. The van der Waals surface area contributed by atoms with Crippen molar-refractivity contribution in [2.24, 2.45) is 0 Å². The van der Waals surface area contributed by atoms with Crippen molar-refractivity contribution in [3.63, 3.8) is 0 Å². The monoisotopic (exact) mass is 203 g/mol. The van der Waals surface area contributed by atoms with E-state index in [0.29, 0.717) is 15.6 Å². The number of benzene rings is 1. The molecule has 0 radical (unpaired) electrons. The number of hydrogen-bond acceptors (Lipinski definition) is 2. The van der Waals surface area contributed by atoms with Crippen molar-refractivity contribution in [3.05, 3.63) is 33.8 Å². The van der Waals surface area contributed by atoms with Gasteiger partial charge in [0, 0.05) is 12.4 Å². The number of carboxylic acid groups (broad SMARTS) is 1. The fourth-order valence-electron chi connectivity index (χ4n) is 0.816. The predicted octanol–water partition coefficient (Wildman–Crippen LogP) is 1.29. The van der Waals surface area contributed by atoms with Crippen molar-refractivity contribution >= 4 is 29.2 Å². The summed E-state index contributed by atoms with van der Waals surface area (Å²) in [4.78, 5) is 10.2. The summed E-state index contributed by atoms with van der Waals surface area (Å²) >= 11 is 11.3. The molecule has 0 aromatic heterocycles. The zero-order chi connectivity index (χ0) is 9.14. The fourth-order valence-corrected chi connectivity index (χ4v) is 1.14. The quantitative estimate of drug-likeness (QED) is 0.727. The molecule has 0 amide bonds. The lowest BCUT2D eigenvalue weighted by molar-refractivity contribution is -0.304. The minimum Gasteiger partial charge on any atom is -0.550 e. The van der Waals surface area contributed by atoms with Crippen LogP contribution in [0, 0.1) is 0 Å². The van der Waals surface area contributed by atoms with Crippen molar-refractivity contribution in [1.82, 2.24) is 0 Å². The summed E-state index contributed by atoms with van der Waals surface area (Å²) < 4.78 is 0. The smallest absolute Gasteiger partial charge is 0.0595 e. The molecule has 1 rings (SSSR count). The van der Waals surface area contributed by atoms with Gasteiger partial charge < -0.3 is 9.90 Å². The Labute approximate surface area is 79.7 Å². The molecule has 0 heterocycles. The second-order valence-corrected chi connectivity index (χ2v) is 3.11. The van der Waals surface area contributed by atoms with E-state index in [4.69, 9.17) is 23.2 Å². The van der Waals surface area contributed by atoms with Crippen LogP contribution in [-0.4, -0.2) is 5.97 Å². The van der Waals surface area contributed by atoms with Gasteiger partial charge in [-0.25, -0.2) is 0 Å². The van der Waals surface area contributed by atoms with Crippen LogP contribution in [0.1, 0.15) is 5.56 Å². The maximum Gasteiger partial charge on any atom is 0.0595 e. The minimum absolute atomic E-state index is 0.142. The van der Waals surface area contributed by atoms with Crippen LogP contribution in [0.5, 0.6) is 0 Å². The Morgan fingerprint density at radius 2 is 2.00 bits per heavy atom. The van der Waals surface area contributed by atoms with Gasteiger partial charge in [-0.15, -0.1) is 0 Å². The van der Waals surface area contributed by atoms with Crippen LogP contribution in [0.2, 0.25) is 10.0 Å². The summed E-state index contributed by atoms with van der Waals surface area (Å²) in [7, 11) is 0. The van der Waals surface area contributed by atoms with Crippen LogP contribution in [0.3, 0.4) is 0 Å². The van der Waals surface area contributed by atoms with E-state index < -0.39 is 5.97 Å². The molecule has 0 spiro atoms. The molecule has 64 valence electrons. The summed E-state index contributed by atoms with van der Waals surface area (Å²) in [6.07, 6.45) is -0.142. The third-order valence-corrected chi connectivity index (χ3v) is 2.07. The van der Waals surface area contributed by atoms with Crippen LogP contribution in [0.4, 0.5) is 0 Å². The number of rotatable bonds is 2. The number of carbonyl (C=O) groups excluding carboxylic acids is 1. The molecule has 0 aliphatic rings. The SMILES string of the molecule is O=C([O-])Cc1ccc(Cl)c(Cl)c1. The second-order valence-electron chi connectivity index (χ2n) is 2.30. The largest absolute Gasteiger partial charge is 0.550 e. The maximum absolute atomic E-state index is 10.2. The lowest BCUT2D eigenvalue weighted by Gasteiger charge is -2.03. The number of aliphatic carboxylic acids is 1. The summed E-state index contributed by atoms with van der Waals surface area (Å²) in [5.74, 6) is -1.13. The first-order chi connectivity index (χ1) is 5.59. The second kappa shape index (κ2) is 3.78. The number of halogens is 2. The van der Waals surface area contributed by atoms with Crippen molar-refractivity contribution < 1.29 is 9.90 Å². The van der Waals surface area contributed by atoms with Gasteiger partial charge >= 0.3 is 0 Å². The standard InChI is InChI=1S/C8H6Cl2O2/c9-6-2-1-5(3-7(6)10)4-8(11)12/h1-3H,4H2,(H,11,12)/p-1. The minimum atomic E-state index is -1.13. The molecule has 1 aromatic rings. The normalized spacial score (nSPS) is 9.83. The molecule has 0 saturated carbocycles. The molecule has 0 fully saturated rings. The van der Waals surface area contributed by atoms with E-state index >= 15 is 0 Å². The van der Waals surface area contributed by atoms with Crippen LogP contribution in [0.15, 0.2) is 18.2 Å². The van der Waals surface area contributed by atoms with Crippen LogP contribution < -0.4 is 5.11 Å². The summed E-state index contributed by atoms with van der Waals surface area (Å²) in [6.45, 7) is 0. The van der Waals surface area contributed by atoms with E-state index in [1.54, 1.807) is 12.1 Å². The molecule has 1 aromatic carbocycles. The Balaban J connectivity index is 2.89. The molecule has 12 heavy (non-hydrogen) atoms. The first kappa shape index (κ1) is 9.36. The lowest BCUT2D eigenvalue weighted by atomic mass is 10.1. The summed E-state index contributed by atoms with van der Waals surface area (Å²) in [5.41, 5.74) is 0.587. The fraction of sp³-hybridized carbons (Fsp3) is 0.125. The van der Waals surface area contributed by atoms with Gasteiger partial charge in [-0.05, 0) is 17.7 Å². The third kappa shape index (κ3) is 2.40. The topological polar surface area (TPSA) is 40.1 Å². The Morgan fingerprint density at radius 1 is 1.33 bits per heavy atom. The van der Waals surface area contributed by atoms with E-state index in [-0.39, 0.29) is 6.42 Å². The predicted molar refractivity (Wildman–Crippen MR) is 45.2 cm³/mol. The van der Waals surface area contributed by atoms with Gasteiger partial charge in [0.15, 0.2) is 0 Å². The van der Waals surface area contributed by atoms with E-state index in [0.717, 1.165) is 0 Å². The Bertz CT molecular complexity index is 310. The first-order valence-electron chi connectivity index (χ1n) is 3.23. The zero-order valence-electron chi connectivity index (χ0n) is 6.01. The molecule has 2 nitrogen and oxygen atoms in total. The van der Waals surface area contributed by atoms with Gasteiger partial charge in [0.2, 0.25) is 0 Å². The van der Waals surface area contributed by atoms with E-state index in [1.807, 2.05) is 0 Å². The number of carboxylic acids is 1. The van der Waals surface area contributed by atoms with E-state index in [1.165, 1.54) is 6.07 Å². The Kier molecular flexibility index (Phi) is 2.95. The van der Waals surface area contributed by atoms with Crippen LogP contribution in [0.25, 0.3) is 0 Å². The lowest BCUT2D eigenvalue weighted by Crippen LogP contribution is -2.24.